The lowest BCUT2D eigenvalue weighted by molar-refractivity contribution is 0.0305. The number of morpholine rings is 1. The normalized spacial score (nSPS) is 14.4. The van der Waals surface area contributed by atoms with E-state index in [2.05, 4.69) is 5.32 Å². The Balaban J connectivity index is 1.74. The molecule has 9 heteroatoms. The lowest BCUT2D eigenvalue weighted by Gasteiger charge is -2.26. The van der Waals surface area contributed by atoms with Gasteiger partial charge in [0.05, 0.1) is 13.2 Å². The Morgan fingerprint density at radius 1 is 1.37 bits per heavy atom. The second kappa shape index (κ2) is 9.11. The molecule has 7 nitrogen and oxygen atoms in total. The van der Waals surface area contributed by atoms with Gasteiger partial charge in [-0.15, -0.1) is 0 Å². The number of aryl methyl sites for hydroxylation is 1. The van der Waals surface area contributed by atoms with Gasteiger partial charge in [0.2, 0.25) is 0 Å². The molecule has 160 valence electrons. The maximum absolute atomic E-state index is 13.8. The first-order valence-corrected chi connectivity index (χ1v) is 10.8. The van der Waals surface area contributed by atoms with Crippen LogP contribution in [0.15, 0.2) is 24.3 Å². The fourth-order valence-corrected chi connectivity index (χ4v) is 4.67. The number of imidazole rings is 1. The predicted octanol–water partition coefficient (Wildman–Crippen LogP) is 3.43. The molecule has 0 saturated carbocycles. The first-order chi connectivity index (χ1) is 14.6. The van der Waals surface area contributed by atoms with Crippen molar-refractivity contribution in [1.82, 2.24) is 14.3 Å². The zero-order valence-electron chi connectivity index (χ0n) is 17.1. The maximum atomic E-state index is 13.8. The first kappa shape index (κ1) is 20.8. The summed E-state index contributed by atoms with van der Waals surface area (Å²) in [7, 11) is 1.67. The lowest BCUT2D eigenvalue weighted by atomic mass is 10.1. The highest BCUT2D eigenvalue weighted by molar-refractivity contribution is 7.19. The number of rotatable bonds is 7. The van der Waals surface area contributed by atoms with Crippen LogP contribution in [-0.2, 0) is 9.47 Å². The number of methoxy groups -OCH3 is 1. The van der Waals surface area contributed by atoms with Crippen LogP contribution in [0, 0.1) is 12.7 Å². The molecule has 1 amide bonds. The predicted molar refractivity (Wildman–Crippen MR) is 115 cm³/mol. The van der Waals surface area contributed by atoms with Crippen LogP contribution >= 0.6 is 11.3 Å². The summed E-state index contributed by atoms with van der Waals surface area (Å²) in [5.74, 6) is 0.458. The van der Waals surface area contributed by atoms with E-state index in [0.717, 1.165) is 17.9 Å². The summed E-state index contributed by atoms with van der Waals surface area (Å²) in [5.41, 5.74) is 2.20. The number of ether oxygens (including phenoxy) is 2. The molecular weight excluding hydrogens is 407 g/mol. The van der Waals surface area contributed by atoms with E-state index >= 15 is 0 Å². The van der Waals surface area contributed by atoms with Gasteiger partial charge in [-0.3, -0.25) is 9.20 Å². The monoisotopic (exact) mass is 432 g/mol. The Bertz CT molecular complexity index is 1040. The zero-order valence-corrected chi connectivity index (χ0v) is 17.9. The fraction of sp³-hybridized carbons (Fsp3) is 0.429. The summed E-state index contributed by atoms with van der Waals surface area (Å²) in [5, 5.41) is 3.42. The number of hydrogen-bond acceptors (Lipinski definition) is 6. The number of halogens is 1. The number of carbonyl (C=O) groups excluding carboxylic acids is 1. The molecule has 0 aliphatic carbocycles. The maximum Gasteiger partial charge on any atom is 0.266 e. The summed E-state index contributed by atoms with van der Waals surface area (Å²) in [6, 6.07) is 6.40. The van der Waals surface area contributed by atoms with Gasteiger partial charge in [-0.1, -0.05) is 23.5 Å². The van der Waals surface area contributed by atoms with Gasteiger partial charge in [-0.05, 0) is 25.5 Å². The summed E-state index contributed by atoms with van der Waals surface area (Å²) in [6.45, 7) is 5.53. The van der Waals surface area contributed by atoms with Gasteiger partial charge in [0.1, 0.15) is 22.2 Å². The molecule has 3 heterocycles. The number of hydrogen-bond donors (Lipinski definition) is 1. The van der Waals surface area contributed by atoms with Crippen LogP contribution < -0.4 is 5.32 Å². The van der Waals surface area contributed by atoms with E-state index in [1.807, 2.05) is 22.3 Å². The molecule has 30 heavy (non-hydrogen) atoms. The molecule has 0 unspecified atom stereocenters. The fourth-order valence-electron chi connectivity index (χ4n) is 3.58. The topological polar surface area (TPSA) is 68.1 Å². The van der Waals surface area contributed by atoms with Gasteiger partial charge in [0.25, 0.3) is 5.91 Å². The van der Waals surface area contributed by atoms with Crippen molar-refractivity contribution in [3.63, 3.8) is 0 Å². The summed E-state index contributed by atoms with van der Waals surface area (Å²) < 4.78 is 26.3. The van der Waals surface area contributed by atoms with Crippen molar-refractivity contribution in [2.75, 3.05) is 51.9 Å². The third kappa shape index (κ3) is 4.05. The number of aromatic nitrogens is 2. The van der Waals surface area contributed by atoms with Crippen molar-refractivity contribution in [2.45, 2.75) is 13.3 Å². The number of fused-ring (bicyclic) bond motifs is 1. The minimum atomic E-state index is -0.311. The molecule has 1 aromatic carbocycles. The SMILES string of the molecule is COCCCNc1c(-c2cccc(F)c2)nc2sc(C(=O)N3CCOCC3)c(C)n12. The van der Waals surface area contributed by atoms with Crippen LogP contribution in [0.25, 0.3) is 16.2 Å². The molecule has 1 aliphatic rings. The summed E-state index contributed by atoms with van der Waals surface area (Å²) >= 11 is 1.36. The molecule has 0 radical (unpaired) electrons. The van der Waals surface area contributed by atoms with Gasteiger partial charge in [0.15, 0.2) is 4.96 Å². The Labute approximate surface area is 178 Å². The number of nitrogens with one attached hydrogen (secondary N) is 1. The quantitative estimate of drug-likeness (QED) is 0.580. The number of nitrogens with zero attached hydrogens (tertiary/aromatic N) is 3. The number of carbonyl (C=O) groups is 1. The highest BCUT2D eigenvalue weighted by atomic mass is 32.1. The molecule has 1 N–H and O–H groups in total. The molecule has 2 aromatic heterocycles. The van der Waals surface area contributed by atoms with Gasteiger partial charge < -0.3 is 19.7 Å². The van der Waals surface area contributed by atoms with Crippen LogP contribution in [0.3, 0.4) is 0 Å². The minimum absolute atomic E-state index is 0.00365. The Kier molecular flexibility index (Phi) is 6.31. The Hall–Kier alpha value is -2.49. The van der Waals surface area contributed by atoms with E-state index in [9.17, 15) is 9.18 Å². The van der Waals surface area contributed by atoms with Gasteiger partial charge in [0, 0.05) is 44.6 Å². The van der Waals surface area contributed by atoms with E-state index in [0.29, 0.717) is 60.6 Å². The second-order valence-electron chi connectivity index (χ2n) is 7.13. The molecule has 0 atom stereocenters. The van der Waals surface area contributed by atoms with Crippen LogP contribution in [0.5, 0.6) is 0 Å². The van der Waals surface area contributed by atoms with Crippen molar-refractivity contribution < 1.29 is 18.7 Å². The van der Waals surface area contributed by atoms with Crippen molar-refractivity contribution in [2.24, 2.45) is 0 Å². The van der Waals surface area contributed by atoms with Crippen molar-refractivity contribution in [3.8, 4) is 11.3 Å². The van der Waals surface area contributed by atoms with Gasteiger partial charge in [-0.2, -0.15) is 0 Å². The van der Waals surface area contributed by atoms with E-state index in [-0.39, 0.29) is 11.7 Å². The summed E-state index contributed by atoms with van der Waals surface area (Å²) in [4.78, 5) is 21.0. The molecule has 0 bridgehead atoms. The van der Waals surface area contributed by atoms with Crippen molar-refractivity contribution in [1.29, 1.82) is 0 Å². The van der Waals surface area contributed by atoms with Crippen LogP contribution in [0.1, 0.15) is 21.8 Å². The van der Waals surface area contributed by atoms with Crippen LogP contribution in [0.2, 0.25) is 0 Å². The average molecular weight is 433 g/mol. The average Bonchev–Trinajstić information content (AvgIpc) is 3.28. The second-order valence-corrected chi connectivity index (χ2v) is 8.11. The number of amides is 1. The van der Waals surface area contributed by atoms with Gasteiger partial charge >= 0.3 is 0 Å². The largest absolute Gasteiger partial charge is 0.385 e. The number of thiazole rings is 1. The van der Waals surface area contributed by atoms with Crippen molar-refractivity contribution in [3.05, 3.63) is 40.7 Å². The molecular formula is C21H25FN4O3S. The van der Waals surface area contributed by atoms with Gasteiger partial charge in [-0.25, -0.2) is 9.37 Å². The molecule has 1 fully saturated rings. The first-order valence-electron chi connectivity index (χ1n) is 9.97. The number of benzene rings is 1. The Morgan fingerprint density at radius 3 is 2.90 bits per heavy atom. The zero-order chi connectivity index (χ0) is 21.1. The highest BCUT2D eigenvalue weighted by Crippen LogP contribution is 2.35. The van der Waals surface area contributed by atoms with E-state index < -0.39 is 0 Å². The molecule has 1 saturated heterocycles. The van der Waals surface area contributed by atoms with E-state index in [1.54, 1.807) is 13.2 Å². The third-order valence-corrected chi connectivity index (χ3v) is 6.24. The number of anilines is 1. The molecule has 3 aromatic rings. The van der Waals surface area contributed by atoms with Crippen molar-refractivity contribution >= 4 is 28.0 Å². The molecule has 0 spiro atoms. The van der Waals surface area contributed by atoms with E-state index in [4.69, 9.17) is 14.5 Å². The standard InChI is InChI=1S/C21H25FN4O3S/c1-14-18(20(27)25-8-11-29-12-9-25)30-21-24-17(15-5-3-6-16(22)13-15)19(26(14)21)23-7-4-10-28-2/h3,5-6,13,23H,4,7-12H2,1-2H3. The molecule has 4 rings (SSSR count). The van der Waals surface area contributed by atoms with E-state index in [1.165, 1.54) is 23.5 Å². The van der Waals surface area contributed by atoms with Crippen LogP contribution in [0.4, 0.5) is 10.2 Å². The smallest absolute Gasteiger partial charge is 0.266 e. The third-order valence-electron chi connectivity index (χ3n) is 5.11. The highest BCUT2D eigenvalue weighted by Gasteiger charge is 2.26. The van der Waals surface area contributed by atoms with Crippen LogP contribution in [-0.4, -0.2) is 66.8 Å². The lowest BCUT2D eigenvalue weighted by Crippen LogP contribution is -2.40. The Morgan fingerprint density at radius 2 is 2.17 bits per heavy atom. The minimum Gasteiger partial charge on any atom is -0.385 e. The summed E-state index contributed by atoms with van der Waals surface area (Å²) in [6.07, 6.45) is 0.815. The molecule has 1 aliphatic heterocycles.